The highest BCUT2D eigenvalue weighted by Gasteiger charge is 2.26. The van der Waals surface area contributed by atoms with Gasteiger partial charge in [-0.1, -0.05) is 32.0 Å². The molecule has 2 aromatic rings. The Morgan fingerprint density at radius 1 is 0.935 bits per heavy atom. The molecule has 3 rings (SSSR count). The number of carbonyl (C=O) groups is 2. The van der Waals surface area contributed by atoms with Gasteiger partial charge in [0.25, 0.3) is 11.8 Å². The van der Waals surface area contributed by atoms with Crippen molar-refractivity contribution >= 4 is 21.8 Å². The van der Waals surface area contributed by atoms with E-state index in [0.717, 1.165) is 0 Å². The highest BCUT2D eigenvalue weighted by atomic mass is 32.2. The molecule has 7 nitrogen and oxygen atoms in total. The Kier molecular flexibility index (Phi) is 7.46. The Morgan fingerprint density at radius 3 is 2.06 bits per heavy atom. The summed E-state index contributed by atoms with van der Waals surface area (Å²) in [5.41, 5.74) is 1.09. The molecule has 0 aliphatic carbocycles. The van der Waals surface area contributed by atoms with E-state index in [1.54, 1.807) is 43.0 Å². The Hall–Kier alpha value is -2.71. The van der Waals surface area contributed by atoms with Crippen molar-refractivity contribution in [3.63, 3.8) is 0 Å². The Bertz CT molecular complexity index is 995. The Labute approximate surface area is 184 Å². The first-order valence-corrected chi connectivity index (χ1v) is 12.1. The minimum atomic E-state index is -3.54. The van der Waals surface area contributed by atoms with Gasteiger partial charge < -0.3 is 10.2 Å². The molecule has 31 heavy (non-hydrogen) atoms. The first-order valence-electron chi connectivity index (χ1n) is 10.6. The number of hydrogen-bond acceptors (Lipinski definition) is 4. The Balaban J connectivity index is 1.58. The van der Waals surface area contributed by atoms with Gasteiger partial charge in [-0.3, -0.25) is 9.59 Å². The van der Waals surface area contributed by atoms with Crippen LogP contribution < -0.4 is 5.32 Å². The van der Waals surface area contributed by atoms with Crippen LogP contribution in [0.15, 0.2) is 59.5 Å². The van der Waals surface area contributed by atoms with Crippen LogP contribution in [-0.2, 0) is 10.0 Å². The molecule has 0 bridgehead atoms. The summed E-state index contributed by atoms with van der Waals surface area (Å²) in [4.78, 5) is 27.1. The summed E-state index contributed by atoms with van der Waals surface area (Å²) in [5.74, 6) is -0.227. The van der Waals surface area contributed by atoms with Gasteiger partial charge in [0.2, 0.25) is 10.0 Å². The molecule has 1 N–H and O–H groups in total. The number of hydrogen-bond donors (Lipinski definition) is 1. The molecule has 1 aliphatic heterocycles. The van der Waals surface area contributed by atoms with Gasteiger partial charge in [-0.05, 0) is 49.2 Å². The highest BCUT2D eigenvalue weighted by Crippen LogP contribution is 2.19. The fraction of sp³-hybridized carbons (Fsp3) is 0.391. The fourth-order valence-corrected chi connectivity index (χ4v) is 5.21. The standard InChI is InChI=1S/C23H29N3O4S/c1-3-26(4-2)31(29,30)21-12-10-19(11-13-21)23(28)25-16-14-20(15-17-25)24-22(27)18-8-6-5-7-9-18/h5-13,20H,3-4,14-17H2,1-2H3,(H,24,27). The lowest BCUT2D eigenvalue weighted by Crippen LogP contribution is -2.46. The first kappa shape index (κ1) is 23.0. The lowest BCUT2D eigenvalue weighted by atomic mass is 10.0. The van der Waals surface area contributed by atoms with E-state index >= 15 is 0 Å². The summed E-state index contributed by atoms with van der Waals surface area (Å²) in [5, 5.41) is 3.03. The second kappa shape index (κ2) is 10.1. The maximum Gasteiger partial charge on any atom is 0.253 e. The number of sulfonamides is 1. The van der Waals surface area contributed by atoms with E-state index in [4.69, 9.17) is 0 Å². The lowest BCUT2D eigenvalue weighted by Gasteiger charge is -2.32. The zero-order valence-corrected chi connectivity index (χ0v) is 18.8. The molecule has 0 unspecified atom stereocenters. The average Bonchev–Trinajstić information content (AvgIpc) is 2.80. The van der Waals surface area contributed by atoms with Crippen molar-refractivity contribution in [1.29, 1.82) is 0 Å². The minimum absolute atomic E-state index is 0.0262. The average molecular weight is 444 g/mol. The van der Waals surface area contributed by atoms with Gasteiger partial charge in [0.1, 0.15) is 0 Å². The molecular weight excluding hydrogens is 414 g/mol. The van der Waals surface area contributed by atoms with Crippen LogP contribution in [0.25, 0.3) is 0 Å². The molecule has 1 aliphatic rings. The second-order valence-electron chi connectivity index (χ2n) is 7.52. The number of likely N-dealkylation sites (tertiary alicyclic amines) is 1. The molecule has 0 atom stereocenters. The van der Waals surface area contributed by atoms with E-state index in [9.17, 15) is 18.0 Å². The third-order valence-corrected chi connectivity index (χ3v) is 7.66. The zero-order chi connectivity index (χ0) is 22.4. The maximum atomic E-state index is 12.8. The largest absolute Gasteiger partial charge is 0.349 e. The van der Waals surface area contributed by atoms with Crippen molar-refractivity contribution in [3.05, 3.63) is 65.7 Å². The van der Waals surface area contributed by atoms with Crippen molar-refractivity contribution in [3.8, 4) is 0 Å². The number of nitrogens with zero attached hydrogens (tertiary/aromatic N) is 2. The SMILES string of the molecule is CCN(CC)S(=O)(=O)c1ccc(C(=O)N2CCC(NC(=O)c3ccccc3)CC2)cc1. The molecule has 2 aromatic carbocycles. The summed E-state index contributed by atoms with van der Waals surface area (Å²) in [6.45, 7) is 5.47. The number of amides is 2. The third kappa shape index (κ3) is 5.32. The van der Waals surface area contributed by atoms with Gasteiger partial charge >= 0.3 is 0 Å². The Morgan fingerprint density at radius 2 is 1.52 bits per heavy atom. The molecule has 0 radical (unpaired) electrons. The van der Waals surface area contributed by atoms with Gasteiger partial charge in [-0.2, -0.15) is 4.31 Å². The smallest absolute Gasteiger partial charge is 0.253 e. The van der Waals surface area contributed by atoms with Gasteiger partial charge in [0.15, 0.2) is 0 Å². The van der Waals surface area contributed by atoms with Crippen molar-refractivity contribution in [2.75, 3.05) is 26.2 Å². The van der Waals surface area contributed by atoms with Gasteiger partial charge in [-0.25, -0.2) is 8.42 Å². The van der Waals surface area contributed by atoms with Crippen LogP contribution >= 0.6 is 0 Å². The molecule has 1 heterocycles. The van der Waals surface area contributed by atoms with Crippen LogP contribution in [0, 0.1) is 0 Å². The lowest BCUT2D eigenvalue weighted by molar-refractivity contribution is 0.0698. The third-order valence-electron chi connectivity index (χ3n) is 5.60. The molecule has 2 amide bonds. The summed E-state index contributed by atoms with van der Waals surface area (Å²) >= 11 is 0. The molecule has 0 saturated carbocycles. The van der Waals surface area contributed by atoms with Crippen molar-refractivity contribution in [2.24, 2.45) is 0 Å². The van der Waals surface area contributed by atoms with Crippen LogP contribution in [0.1, 0.15) is 47.4 Å². The van der Waals surface area contributed by atoms with E-state index in [1.165, 1.54) is 16.4 Å². The molecule has 0 spiro atoms. The summed E-state index contributed by atoms with van der Waals surface area (Å²) in [7, 11) is -3.54. The molecule has 8 heteroatoms. The molecular formula is C23H29N3O4S. The monoisotopic (exact) mass is 443 g/mol. The van der Waals surface area contributed by atoms with Crippen LogP contribution in [-0.4, -0.2) is 61.7 Å². The number of rotatable bonds is 7. The number of piperidine rings is 1. The van der Waals surface area contributed by atoms with Crippen LogP contribution in [0.3, 0.4) is 0 Å². The van der Waals surface area contributed by atoms with E-state index in [1.807, 2.05) is 18.2 Å². The van der Waals surface area contributed by atoms with E-state index < -0.39 is 10.0 Å². The van der Waals surface area contributed by atoms with Gasteiger partial charge in [0, 0.05) is 43.3 Å². The summed E-state index contributed by atoms with van der Waals surface area (Å²) in [6, 6.07) is 15.2. The van der Waals surface area contributed by atoms with Crippen LogP contribution in [0.4, 0.5) is 0 Å². The molecule has 166 valence electrons. The fourth-order valence-electron chi connectivity index (χ4n) is 3.75. The topological polar surface area (TPSA) is 86.8 Å². The van der Waals surface area contributed by atoms with E-state index in [2.05, 4.69) is 5.32 Å². The van der Waals surface area contributed by atoms with Crippen molar-refractivity contribution in [1.82, 2.24) is 14.5 Å². The number of benzene rings is 2. The number of carbonyl (C=O) groups excluding carboxylic acids is 2. The summed E-state index contributed by atoms with van der Waals surface area (Å²) < 4.78 is 26.6. The molecule has 0 aromatic heterocycles. The zero-order valence-electron chi connectivity index (χ0n) is 18.0. The van der Waals surface area contributed by atoms with E-state index in [-0.39, 0.29) is 22.8 Å². The molecule has 1 saturated heterocycles. The molecule has 1 fully saturated rings. The van der Waals surface area contributed by atoms with Crippen molar-refractivity contribution in [2.45, 2.75) is 37.6 Å². The highest BCUT2D eigenvalue weighted by molar-refractivity contribution is 7.89. The van der Waals surface area contributed by atoms with Crippen molar-refractivity contribution < 1.29 is 18.0 Å². The quantitative estimate of drug-likeness (QED) is 0.713. The van der Waals surface area contributed by atoms with Crippen LogP contribution in [0.2, 0.25) is 0 Å². The second-order valence-corrected chi connectivity index (χ2v) is 9.46. The predicted octanol–water partition coefficient (Wildman–Crippen LogP) is 2.75. The van der Waals surface area contributed by atoms with Gasteiger partial charge in [-0.15, -0.1) is 0 Å². The van der Waals surface area contributed by atoms with E-state index in [0.29, 0.717) is 50.1 Å². The maximum absolute atomic E-state index is 12.8. The number of nitrogens with one attached hydrogen (secondary N) is 1. The van der Waals surface area contributed by atoms with Crippen LogP contribution in [0.5, 0.6) is 0 Å². The minimum Gasteiger partial charge on any atom is -0.349 e. The predicted molar refractivity (Wildman–Crippen MR) is 119 cm³/mol. The first-order chi connectivity index (χ1) is 14.9. The summed E-state index contributed by atoms with van der Waals surface area (Å²) in [6.07, 6.45) is 1.36. The van der Waals surface area contributed by atoms with Gasteiger partial charge in [0.05, 0.1) is 4.90 Å². The normalized spacial score (nSPS) is 15.1.